The van der Waals surface area contributed by atoms with Gasteiger partial charge in [-0.3, -0.25) is 4.79 Å². The average Bonchev–Trinajstić information content (AvgIpc) is 3.50. The van der Waals surface area contributed by atoms with Crippen molar-refractivity contribution in [2.24, 2.45) is 0 Å². The third kappa shape index (κ3) is 6.15. The van der Waals surface area contributed by atoms with Crippen molar-refractivity contribution in [1.29, 1.82) is 0 Å². The molecule has 3 aromatic rings. The summed E-state index contributed by atoms with van der Waals surface area (Å²) in [6, 6.07) is 2.22. The number of nitrogens with one attached hydrogen (secondary N) is 1. The fraction of sp³-hybridized carbons (Fsp3) is 0.522. The number of imidazole rings is 2. The van der Waals surface area contributed by atoms with Gasteiger partial charge >= 0.3 is 0 Å². The molecule has 9 heteroatoms. The van der Waals surface area contributed by atoms with Crippen molar-refractivity contribution in [2.45, 2.75) is 64.6 Å². The second-order valence-electron chi connectivity index (χ2n) is 8.39. The highest BCUT2D eigenvalue weighted by Crippen LogP contribution is 2.26. The van der Waals surface area contributed by atoms with E-state index in [2.05, 4.69) is 25.2 Å². The molecule has 3 aromatic heterocycles. The number of aromatic nitrogens is 6. The normalized spacial score (nSPS) is 16.3. The zero-order valence-electron chi connectivity index (χ0n) is 18.7. The summed E-state index contributed by atoms with van der Waals surface area (Å²) >= 11 is 0. The molecule has 1 fully saturated rings. The third-order valence-electron chi connectivity index (χ3n) is 5.86. The molecule has 0 saturated carbocycles. The second-order valence-corrected chi connectivity index (χ2v) is 8.39. The smallest absolute Gasteiger partial charge is 0.222 e. The lowest BCUT2D eigenvalue weighted by molar-refractivity contribution is -0.121. The summed E-state index contributed by atoms with van der Waals surface area (Å²) in [4.78, 5) is 32.6. The number of rotatable bonds is 10. The summed E-state index contributed by atoms with van der Waals surface area (Å²) in [5.74, 6) is 1.89. The molecule has 0 aliphatic carbocycles. The summed E-state index contributed by atoms with van der Waals surface area (Å²) < 4.78 is 4.06. The topological polar surface area (TPSA) is 93.8 Å². The van der Waals surface area contributed by atoms with E-state index < -0.39 is 0 Å². The molecular weight excluding hydrogens is 404 g/mol. The van der Waals surface area contributed by atoms with E-state index in [1.807, 2.05) is 40.8 Å². The van der Waals surface area contributed by atoms with E-state index in [-0.39, 0.29) is 11.9 Å². The molecule has 0 aromatic carbocycles. The predicted octanol–water partition coefficient (Wildman–Crippen LogP) is 2.38. The Hall–Kier alpha value is -3.23. The predicted molar refractivity (Wildman–Crippen MR) is 122 cm³/mol. The molecule has 4 heterocycles. The van der Waals surface area contributed by atoms with Crippen molar-refractivity contribution < 1.29 is 4.79 Å². The summed E-state index contributed by atoms with van der Waals surface area (Å²) in [5.41, 5.74) is 0.962. The highest BCUT2D eigenvalue weighted by molar-refractivity contribution is 5.77. The van der Waals surface area contributed by atoms with Crippen LogP contribution in [0.4, 0.5) is 5.82 Å². The van der Waals surface area contributed by atoms with Gasteiger partial charge in [0.1, 0.15) is 11.6 Å². The number of carbonyl (C=O) groups excluding carboxylic acids is 1. The van der Waals surface area contributed by atoms with Crippen molar-refractivity contribution in [3.63, 3.8) is 0 Å². The SMILES string of the molecule is Cc1cc(N2CCCCC2CC(=O)NCCCn2ccnc2)nc(CCn2ccnc2)n1. The van der Waals surface area contributed by atoms with Gasteiger partial charge in [-0.1, -0.05) is 0 Å². The Bertz CT molecular complexity index is 970. The summed E-state index contributed by atoms with van der Waals surface area (Å²) in [6.07, 6.45) is 16.5. The lowest BCUT2D eigenvalue weighted by atomic mass is 9.99. The number of nitrogens with zero attached hydrogens (tertiary/aromatic N) is 7. The molecule has 1 aliphatic rings. The van der Waals surface area contributed by atoms with Gasteiger partial charge in [0.25, 0.3) is 0 Å². The van der Waals surface area contributed by atoms with Crippen LogP contribution in [0.1, 0.15) is 43.6 Å². The van der Waals surface area contributed by atoms with Crippen LogP contribution in [0, 0.1) is 6.92 Å². The monoisotopic (exact) mass is 436 g/mol. The zero-order chi connectivity index (χ0) is 22.2. The molecule has 1 amide bonds. The quantitative estimate of drug-likeness (QED) is 0.491. The summed E-state index contributed by atoms with van der Waals surface area (Å²) in [5, 5.41) is 3.08. The van der Waals surface area contributed by atoms with Crippen LogP contribution in [0.3, 0.4) is 0 Å². The van der Waals surface area contributed by atoms with Gasteiger partial charge in [-0.05, 0) is 32.6 Å². The van der Waals surface area contributed by atoms with Gasteiger partial charge in [0.15, 0.2) is 0 Å². The van der Waals surface area contributed by atoms with Gasteiger partial charge in [0.2, 0.25) is 5.91 Å². The zero-order valence-corrected chi connectivity index (χ0v) is 18.7. The fourth-order valence-electron chi connectivity index (χ4n) is 4.23. The summed E-state index contributed by atoms with van der Waals surface area (Å²) in [7, 11) is 0. The van der Waals surface area contributed by atoms with Crippen molar-refractivity contribution in [3.05, 3.63) is 55.0 Å². The van der Waals surface area contributed by atoms with Gasteiger partial charge in [-0.15, -0.1) is 0 Å². The molecule has 4 rings (SSSR count). The highest BCUT2D eigenvalue weighted by atomic mass is 16.1. The largest absolute Gasteiger partial charge is 0.356 e. The molecule has 32 heavy (non-hydrogen) atoms. The van der Waals surface area contributed by atoms with Crippen molar-refractivity contribution in [2.75, 3.05) is 18.0 Å². The first-order chi connectivity index (χ1) is 15.7. The van der Waals surface area contributed by atoms with Gasteiger partial charge in [-0.25, -0.2) is 19.9 Å². The van der Waals surface area contributed by atoms with Crippen LogP contribution in [0.25, 0.3) is 0 Å². The molecular formula is C23H32N8O. The van der Waals surface area contributed by atoms with E-state index in [1.165, 1.54) is 0 Å². The van der Waals surface area contributed by atoms with E-state index in [9.17, 15) is 4.79 Å². The van der Waals surface area contributed by atoms with Crippen LogP contribution in [0.2, 0.25) is 0 Å². The Balaban J connectivity index is 1.33. The Morgan fingerprint density at radius 3 is 2.62 bits per heavy atom. The lowest BCUT2D eigenvalue weighted by Gasteiger charge is -2.36. The minimum Gasteiger partial charge on any atom is -0.356 e. The van der Waals surface area contributed by atoms with E-state index in [1.54, 1.807) is 18.7 Å². The number of aryl methyl sites for hydroxylation is 4. The van der Waals surface area contributed by atoms with Crippen molar-refractivity contribution >= 4 is 11.7 Å². The highest BCUT2D eigenvalue weighted by Gasteiger charge is 2.26. The minimum atomic E-state index is 0.110. The standard InChI is InChI=1S/C23H32N8O/c1-19-15-22(28-21(27-19)6-12-30-14-9-25-18-30)31-11-3-2-5-20(31)16-23(32)26-7-4-10-29-13-8-24-17-29/h8-9,13-15,17-18,20H,2-7,10-12,16H2,1H3,(H,26,32). The molecule has 1 atom stereocenters. The first-order valence-electron chi connectivity index (χ1n) is 11.5. The van der Waals surface area contributed by atoms with E-state index in [0.717, 1.165) is 69.1 Å². The van der Waals surface area contributed by atoms with Gasteiger partial charge < -0.3 is 19.4 Å². The minimum absolute atomic E-state index is 0.110. The molecule has 0 radical (unpaired) electrons. The van der Waals surface area contributed by atoms with Gasteiger partial charge in [0, 0.05) is 81.6 Å². The molecule has 1 N–H and O–H groups in total. The Kier molecular flexibility index (Phi) is 7.47. The number of anilines is 1. The first kappa shape index (κ1) is 22.0. The van der Waals surface area contributed by atoms with E-state index in [0.29, 0.717) is 13.0 Å². The van der Waals surface area contributed by atoms with Gasteiger partial charge in [-0.2, -0.15) is 0 Å². The second kappa shape index (κ2) is 10.9. The van der Waals surface area contributed by atoms with E-state index >= 15 is 0 Å². The average molecular weight is 437 g/mol. The molecule has 1 saturated heterocycles. The van der Waals surface area contributed by atoms with Crippen LogP contribution in [-0.4, -0.2) is 54.1 Å². The van der Waals surface area contributed by atoms with Crippen molar-refractivity contribution in [1.82, 2.24) is 34.4 Å². The molecule has 0 bridgehead atoms. The van der Waals surface area contributed by atoms with Crippen molar-refractivity contribution in [3.8, 4) is 0 Å². The Labute approximate surface area is 188 Å². The molecule has 170 valence electrons. The number of hydrogen-bond donors (Lipinski definition) is 1. The van der Waals surface area contributed by atoms with Crippen LogP contribution in [0.15, 0.2) is 43.5 Å². The van der Waals surface area contributed by atoms with Crippen LogP contribution >= 0.6 is 0 Å². The molecule has 1 unspecified atom stereocenters. The molecule has 9 nitrogen and oxygen atoms in total. The lowest BCUT2D eigenvalue weighted by Crippen LogP contribution is -2.43. The van der Waals surface area contributed by atoms with Crippen LogP contribution < -0.4 is 10.2 Å². The number of carbonyl (C=O) groups is 1. The number of hydrogen-bond acceptors (Lipinski definition) is 6. The maximum Gasteiger partial charge on any atom is 0.222 e. The number of piperidine rings is 1. The Morgan fingerprint density at radius 1 is 1.09 bits per heavy atom. The first-order valence-corrected chi connectivity index (χ1v) is 11.5. The van der Waals surface area contributed by atoms with Gasteiger partial charge in [0.05, 0.1) is 12.7 Å². The number of amides is 1. The maximum atomic E-state index is 12.6. The molecule has 0 spiro atoms. The molecule has 1 aliphatic heterocycles. The maximum absolute atomic E-state index is 12.6. The third-order valence-corrected chi connectivity index (χ3v) is 5.86. The van der Waals surface area contributed by atoms with E-state index in [4.69, 9.17) is 4.98 Å². The Morgan fingerprint density at radius 2 is 1.88 bits per heavy atom. The summed E-state index contributed by atoms with van der Waals surface area (Å²) in [6.45, 7) is 5.27. The fourth-order valence-corrected chi connectivity index (χ4v) is 4.23. The van der Waals surface area contributed by atoms with Crippen LogP contribution in [0.5, 0.6) is 0 Å². The van der Waals surface area contributed by atoms with Crippen LogP contribution in [-0.2, 0) is 24.3 Å².